The van der Waals surface area contributed by atoms with Gasteiger partial charge in [0.1, 0.15) is 0 Å². The van der Waals surface area contributed by atoms with Gasteiger partial charge in [-0.15, -0.1) is 0 Å². The molecule has 0 aliphatic carbocycles. The molecule has 0 atom stereocenters. The van der Waals surface area contributed by atoms with Crippen molar-refractivity contribution in [3.05, 3.63) is 72.8 Å². The second-order valence-corrected chi connectivity index (χ2v) is 7.87. The summed E-state index contributed by atoms with van der Waals surface area (Å²) in [5, 5.41) is 0. The third kappa shape index (κ3) is 11.1. The van der Waals surface area contributed by atoms with E-state index in [-0.39, 0.29) is 24.4 Å². The van der Waals surface area contributed by atoms with Crippen LogP contribution in [0, 0.1) is 0 Å². The molecule has 0 N–H and O–H groups in total. The maximum Gasteiger partial charge on any atom is 0.204 e. The average molecular weight is 555 g/mol. The number of rotatable bonds is 0. The van der Waals surface area contributed by atoms with Crippen molar-refractivity contribution in [3.8, 4) is 0 Å². The average Bonchev–Trinajstić information content (AvgIpc) is 2.57. The Labute approximate surface area is 200 Å². The Kier molecular flexibility index (Phi) is 15.0. The minimum Gasteiger partial charge on any atom is -0.0569 e. The van der Waals surface area contributed by atoms with Crippen LogP contribution in [0.15, 0.2) is 102 Å². The van der Waals surface area contributed by atoms with E-state index in [2.05, 4.69) is 75.8 Å². The third-order valence-corrected chi connectivity index (χ3v) is 6.15. The van der Waals surface area contributed by atoms with Gasteiger partial charge in [-0.25, -0.2) is 0 Å². The Morgan fingerprint density at radius 2 is 0.440 bits per heavy atom. The number of hydrogen-bond donors (Lipinski definition) is 0. The Bertz CT molecular complexity index is 597. The second kappa shape index (κ2) is 14.6. The molecule has 0 aliphatic rings. The van der Waals surface area contributed by atoms with Crippen LogP contribution in [-0.4, -0.2) is 24.4 Å². The van der Waals surface area contributed by atoms with Crippen LogP contribution in [0.2, 0.25) is 0 Å². The molecule has 25 heavy (non-hydrogen) atoms. The predicted molar refractivity (Wildman–Crippen MR) is 136 cm³/mol. The smallest absolute Gasteiger partial charge is 0.0569 e. The van der Waals surface area contributed by atoms with Gasteiger partial charge >= 0.3 is 0 Å². The van der Waals surface area contributed by atoms with Crippen molar-refractivity contribution in [2.24, 2.45) is 0 Å². The van der Waals surface area contributed by atoms with Gasteiger partial charge in [0.25, 0.3) is 0 Å². The van der Waals surface area contributed by atoms with Crippen LogP contribution in [0.5, 0.6) is 0 Å². The van der Waals surface area contributed by atoms with Crippen molar-refractivity contribution in [1.82, 2.24) is 0 Å². The first-order chi connectivity index (χ1) is 11.4. The first kappa shape index (κ1) is 25.6. The summed E-state index contributed by atoms with van der Waals surface area (Å²) >= 11 is 20.4. The zero-order valence-electron chi connectivity index (χ0n) is 13.4. The van der Waals surface area contributed by atoms with Crippen LogP contribution in [0.4, 0.5) is 0 Å². The molecule has 0 saturated carbocycles. The van der Waals surface area contributed by atoms with Crippen molar-refractivity contribution >= 4 is 100 Å². The van der Waals surface area contributed by atoms with Gasteiger partial charge in [0.2, 0.25) is 29.4 Å². The summed E-state index contributed by atoms with van der Waals surface area (Å²) in [6.07, 6.45) is 0. The van der Waals surface area contributed by atoms with Crippen LogP contribution in [0.3, 0.4) is 0 Å². The Morgan fingerprint density at radius 1 is 0.320 bits per heavy atom. The summed E-state index contributed by atoms with van der Waals surface area (Å²) in [5.74, 6) is 0. The van der Waals surface area contributed by atoms with E-state index in [1.807, 2.05) is 72.8 Å². The predicted octanol–water partition coefficient (Wildman–Crippen LogP) is 0.901. The van der Waals surface area contributed by atoms with E-state index in [9.17, 15) is 0 Å². The molecule has 0 bridgehead atoms. The van der Waals surface area contributed by atoms with Crippen LogP contribution in [-0.2, 0) is 75.8 Å². The summed E-state index contributed by atoms with van der Waals surface area (Å²) < 4.78 is 0. The van der Waals surface area contributed by atoms with E-state index in [1.165, 1.54) is 0 Å². The maximum absolute atomic E-state index is 3.39. The summed E-state index contributed by atoms with van der Waals surface area (Å²) in [6, 6.07) is 23.8. The van der Waals surface area contributed by atoms with Gasteiger partial charge in [0.15, 0.2) is 0 Å². The zero-order chi connectivity index (χ0) is 17.9. The van der Waals surface area contributed by atoms with Gasteiger partial charge < -0.3 is 0 Å². The normalized spacial score (nSPS) is 8.88. The van der Waals surface area contributed by atoms with Gasteiger partial charge in [-0.3, -0.25) is 0 Å². The van der Waals surface area contributed by atoms with Crippen molar-refractivity contribution in [3.63, 3.8) is 0 Å². The topological polar surface area (TPSA) is 0 Å². The van der Waals surface area contributed by atoms with E-state index in [0.29, 0.717) is 0 Å². The van der Waals surface area contributed by atoms with Crippen LogP contribution >= 0.6 is 0 Å². The first-order valence-corrected chi connectivity index (χ1v) is 9.98. The van der Waals surface area contributed by atoms with E-state index in [4.69, 9.17) is 0 Å². The second-order valence-electron chi connectivity index (χ2n) is 4.64. The molecule has 7 heteroatoms. The Morgan fingerprint density at radius 3 is 0.520 bits per heavy atom. The number of hydrogen-bond acceptors (Lipinski definition) is 0. The fraction of sp³-hybridized carbons (Fsp3) is 0. The zero-order valence-corrected chi connectivity index (χ0v) is 21.9. The Hall–Kier alpha value is 0.578. The molecule has 3 rings (SSSR count). The molecule has 0 aromatic heterocycles. The van der Waals surface area contributed by atoms with E-state index in [1.54, 1.807) is 0 Å². The molecule has 0 spiro atoms. The van der Waals surface area contributed by atoms with Crippen LogP contribution in [0.25, 0.3) is 0 Å². The summed E-state index contributed by atoms with van der Waals surface area (Å²) in [6.45, 7) is 0. The largest absolute Gasteiger partial charge is 0.204 e. The molecule has 3 aromatic carbocycles. The molecule has 3 aromatic rings. The molecule has 0 fully saturated rings. The summed E-state index contributed by atoms with van der Waals surface area (Å²) in [7, 11) is 0. The molecule has 0 nitrogen and oxygen atoms in total. The summed E-state index contributed by atoms with van der Waals surface area (Å²) in [5.41, 5.74) is 0. The molecule has 0 saturated heterocycles. The number of benzene rings is 3. The van der Waals surface area contributed by atoms with Gasteiger partial charge in [0.05, 0.1) is 0 Å². The molecular formula is C18H24S6Sb+6. The fourth-order valence-electron chi connectivity index (χ4n) is 1.45. The molecule has 0 amide bonds. The molecule has 3 radical (unpaired) electrons. The molecule has 131 valence electrons. The molecule has 0 unspecified atom stereocenters. The van der Waals surface area contributed by atoms with E-state index in [0.717, 1.165) is 29.4 Å². The Balaban J connectivity index is 0.000000339. The summed E-state index contributed by atoms with van der Waals surface area (Å²) in [4.78, 5) is 6.52. The fourth-order valence-corrected chi connectivity index (χ4v) is 2.53. The van der Waals surface area contributed by atoms with Crippen molar-refractivity contribution in [2.75, 3.05) is 0 Å². The minimum absolute atomic E-state index is 0. The van der Waals surface area contributed by atoms with E-state index < -0.39 is 0 Å². The van der Waals surface area contributed by atoms with Gasteiger partial charge in [-0.05, 0) is 112 Å². The van der Waals surface area contributed by atoms with Crippen LogP contribution in [0.1, 0.15) is 0 Å². The SMILES string of the molecule is [SH2+]c1ccccc1[SH2+].[SH2+]c1ccccc1[SH2+].[SH2+]c1ccccc1[SH2+].[Sb]. The van der Waals surface area contributed by atoms with Crippen molar-refractivity contribution < 1.29 is 0 Å². The third-order valence-electron chi connectivity index (χ3n) is 2.78. The van der Waals surface area contributed by atoms with E-state index >= 15 is 0 Å². The van der Waals surface area contributed by atoms with Gasteiger partial charge in [0, 0.05) is 24.4 Å². The van der Waals surface area contributed by atoms with Crippen molar-refractivity contribution in [1.29, 1.82) is 0 Å². The quantitative estimate of drug-likeness (QED) is 0.287. The van der Waals surface area contributed by atoms with Crippen molar-refractivity contribution in [2.45, 2.75) is 29.4 Å². The maximum atomic E-state index is 3.39. The molecule has 0 aliphatic heterocycles. The van der Waals surface area contributed by atoms with Crippen LogP contribution < -0.4 is 0 Å². The van der Waals surface area contributed by atoms with Gasteiger partial charge in [-0.2, -0.15) is 0 Å². The molecule has 0 heterocycles. The first-order valence-electron chi connectivity index (χ1n) is 6.98. The minimum atomic E-state index is 0. The van der Waals surface area contributed by atoms with Gasteiger partial charge in [-0.1, -0.05) is 36.4 Å². The standard InChI is InChI=1S/3C6H6S2.Sb/c3*7-5-3-1-2-4-6(5)8;/h3*1-4,7-8H;/p+6. The monoisotopic (exact) mass is 553 g/mol. The molecular weight excluding hydrogens is 530 g/mol.